The first-order valence-corrected chi connectivity index (χ1v) is 7.73. The molecule has 0 radical (unpaired) electrons. The van der Waals surface area contributed by atoms with Crippen LogP contribution in [0.25, 0.3) is 0 Å². The molecular formula is C12H21NO2S2. The molecule has 1 rings (SSSR count). The number of carboxylic acid groups (broad SMARTS) is 1. The van der Waals surface area contributed by atoms with Crippen molar-refractivity contribution in [1.82, 2.24) is 4.90 Å². The number of carboxylic acids is 1. The van der Waals surface area contributed by atoms with Crippen molar-refractivity contribution in [3.63, 3.8) is 0 Å². The minimum atomic E-state index is -0.704. The van der Waals surface area contributed by atoms with Gasteiger partial charge in [-0.15, -0.1) is 0 Å². The zero-order chi connectivity index (χ0) is 12.5. The van der Waals surface area contributed by atoms with E-state index in [0.717, 1.165) is 36.0 Å². The first-order chi connectivity index (χ1) is 8.20. The molecule has 0 spiro atoms. The highest BCUT2D eigenvalue weighted by Crippen LogP contribution is 2.17. The summed E-state index contributed by atoms with van der Waals surface area (Å²) in [5, 5.41) is 8.52. The van der Waals surface area contributed by atoms with E-state index in [1.165, 1.54) is 25.7 Å². The number of carbonyl (C=O) groups is 1. The monoisotopic (exact) mass is 275 g/mol. The molecule has 17 heavy (non-hydrogen) atoms. The Morgan fingerprint density at radius 1 is 1.18 bits per heavy atom. The molecule has 5 heteroatoms. The summed E-state index contributed by atoms with van der Waals surface area (Å²) in [5.74, 6) is 0.243. The average Bonchev–Trinajstić information content (AvgIpc) is 2.56. The van der Waals surface area contributed by atoms with Gasteiger partial charge in [0.15, 0.2) is 0 Å². The molecule has 1 aliphatic heterocycles. The molecule has 0 amide bonds. The summed E-state index contributed by atoms with van der Waals surface area (Å²) in [6, 6.07) is 0. The van der Waals surface area contributed by atoms with Crippen LogP contribution in [0, 0.1) is 0 Å². The van der Waals surface area contributed by atoms with E-state index in [2.05, 4.69) is 4.90 Å². The second kappa shape index (κ2) is 8.75. The summed E-state index contributed by atoms with van der Waals surface area (Å²) in [6.07, 6.45) is 7.11. The van der Waals surface area contributed by atoms with Crippen molar-refractivity contribution in [2.75, 3.05) is 18.8 Å². The molecule has 1 N–H and O–H groups in total. The third-order valence-corrected chi connectivity index (χ3v) is 4.48. The fourth-order valence-electron chi connectivity index (χ4n) is 1.88. The minimum Gasteiger partial charge on any atom is -0.481 e. The van der Waals surface area contributed by atoms with Gasteiger partial charge in [0, 0.05) is 25.3 Å². The van der Waals surface area contributed by atoms with E-state index in [0.29, 0.717) is 0 Å². The van der Waals surface area contributed by atoms with Gasteiger partial charge in [0.2, 0.25) is 0 Å². The molecule has 1 heterocycles. The molecule has 1 fully saturated rings. The summed E-state index contributed by atoms with van der Waals surface area (Å²) in [5.41, 5.74) is 0. The van der Waals surface area contributed by atoms with Crippen molar-refractivity contribution in [2.24, 2.45) is 0 Å². The predicted molar refractivity (Wildman–Crippen MR) is 76.6 cm³/mol. The van der Waals surface area contributed by atoms with E-state index in [9.17, 15) is 4.79 Å². The van der Waals surface area contributed by atoms with Crippen LogP contribution in [0.15, 0.2) is 0 Å². The Morgan fingerprint density at radius 2 is 1.82 bits per heavy atom. The highest BCUT2D eigenvalue weighted by Gasteiger charge is 2.12. The zero-order valence-electron chi connectivity index (χ0n) is 10.2. The van der Waals surface area contributed by atoms with Crippen LogP contribution < -0.4 is 0 Å². The zero-order valence-corrected chi connectivity index (χ0v) is 11.8. The normalized spacial score (nSPS) is 16.6. The lowest BCUT2D eigenvalue weighted by Crippen LogP contribution is -2.28. The molecule has 0 aromatic heterocycles. The summed E-state index contributed by atoms with van der Waals surface area (Å²) in [6.45, 7) is 2.20. The first kappa shape index (κ1) is 14.8. The fraction of sp³-hybridized carbons (Fsp3) is 0.833. The fourth-order valence-corrected chi connectivity index (χ4v) is 3.20. The van der Waals surface area contributed by atoms with Crippen LogP contribution in [0.1, 0.15) is 44.9 Å². The first-order valence-electron chi connectivity index (χ1n) is 6.33. The lowest BCUT2D eigenvalue weighted by atomic mass is 10.2. The third kappa shape index (κ3) is 6.88. The largest absolute Gasteiger partial charge is 0.481 e. The highest BCUT2D eigenvalue weighted by atomic mass is 32.2. The summed E-state index contributed by atoms with van der Waals surface area (Å²) in [7, 11) is 0. The highest BCUT2D eigenvalue weighted by molar-refractivity contribution is 8.22. The molecule has 98 valence electrons. The van der Waals surface area contributed by atoms with Crippen LogP contribution in [0.3, 0.4) is 0 Å². The van der Waals surface area contributed by atoms with Crippen molar-refractivity contribution < 1.29 is 9.90 Å². The summed E-state index contributed by atoms with van der Waals surface area (Å²) in [4.78, 5) is 12.7. The number of nitrogens with zero attached hydrogens (tertiary/aromatic N) is 1. The van der Waals surface area contributed by atoms with E-state index in [4.69, 9.17) is 17.3 Å². The summed E-state index contributed by atoms with van der Waals surface area (Å²) >= 11 is 7.12. The number of thiocarbonyl (C=S) groups is 1. The Morgan fingerprint density at radius 3 is 2.41 bits per heavy atom. The maximum Gasteiger partial charge on any atom is 0.303 e. The Hall–Kier alpha value is -0.290. The van der Waals surface area contributed by atoms with Gasteiger partial charge in [-0.05, 0) is 25.7 Å². The molecular weight excluding hydrogens is 254 g/mol. The number of unbranched alkanes of at least 4 members (excludes halogenated alkanes) is 1. The quantitative estimate of drug-likeness (QED) is 0.616. The average molecular weight is 275 g/mol. The number of hydrogen-bond donors (Lipinski definition) is 1. The van der Waals surface area contributed by atoms with E-state index in [1.807, 2.05) is 0 Å². The number of rotatable bonds is 5. The van der Waals surface area contributed by atoms with Crippen molar-refractivity contribution in [3.05, 3.63) is 0 Å². The van der Waals surface area contributed by atoms with Crippen molar-refractivity contribution in [3.8, 4) is 0 Å². The van der Waals surface area contributed by atoms with Crippen LogP contribution in [0.4, 0.5) is 0 Å². The van der Waals surface area contributed by atoms with E-state index in [-0.39, 0.29) is 6.42 Å². The molecule has 1 saturated heterocycles. The van der Waals surface area contributed by atoms with Gasteiger partial charge in [-0.3, -0.25) is 4.79 Å². The number of aliphatic carboxylic acids is 1. The van der Waals surface area contributed by atoms with Crippen molar-refractivity contribution >= 4 is 34.3 Å². The van der Waals surface area contributed by atoms with Crippen molar-refractivity contribution in [2.45, 2.75) is 44.9 Å². The molecule has 0 aliphatic carbocycles. The molecule has 0 unspecified atom stereocenters. The van der Waals surface area contributed by atoms with Gasteiger partial charge in [0.1, 0.15) is 4.32 Å². The molecule has 0 atom stereocenters. The minimum absolute atomic E-state index is 0.275. The van der Waals surface area contributed by atoms with Gasteiger partial charge in [-0.25, -0.2) is 0 Å². The summed E-state index contributed by atoms with van der Waals surface area (Å²) < 4.78 is 1.00. The standard InChI is InChI=1S/C12H21NO2S2/c14-11(15)7-3-6-10-17-12(16)13-8-4-1-2-5-9-13/h1-10H2,(H,14,15). The molecule has 0 aromatic rings. The Kier molecular flexibility index (Phi) is 7.60. The molecule has 0 aromatic carbocycles. The SMILES string of the molecule is O=C(O)CCCCSC(=S)N1CCCCCC1. The number of thioether (sulfide) groups is 1. The van der Waals surface area contributed by atoms with Gasteiger partial charge in [0.05, 0.1) is 0 Å². The maximum atomic E-state index is 10.3. The number of hydrogen-bond acceptors (Lipinski definition) is 3. The van der Waals surface area contributed by atoms with Crippen LogP contribution in [-0.4, -0.2) is 39.1 Å². The van der Waals surface area contributed by atoms with Crippen LogP contribution in [0.2, 0.25) is 0 Å². The van der Waals surface area contributed by atoms with Crippen LogP contribution in [0.5, 0.6) is 0 Å². The van der Waals surface area contributed by atoms with Gasteiger partial charge in [-0.1, -0.05) is 36.8 Å². The topological polar surface area (TPSA) is 40.5 Å². The molecule has 0 saturated carbocycles. The Labute approximate surface area is 113 Å². The number of likely N-dealkylation sites (tertiary alicyclic amines) is 1. The van der Waals surface area contributed by atoms with Crippen molar-refractivity contribution in [1.29, 1.82) is 0 Å². The maximum absolute atomic E-state index is 10.3. The van der Waals surface area contributed by atoms with Gasteiger partial charge in [0.25, 0.3) is 0 Å². The second-order valence-corrected chi connectivity index (χ2v) is 6.10. The van der Waals surface area contributed by atoms with Gasteiger partial charge >= 0.3 is 5.97 Å². The van der Waals surface area contributed by atoms with E-state index < -0.39 is 5.97 Å². The lowest BCUT2D eigenvalue weighted by molar-refractivity contribution is -0.137. The molecule has 1 aliphatic rings. The van der Waals surface area contributed by atoms with Crippen LogP contribution >= 0.6 is 24.0 Å². The van der Waals surface area contributed by atoms with Gasteiger partial charge < -0.3 is 10.0 Å². The Bertz CT molecular complexity index is 251. The van der Waals surface area contributed by atoms with E-state index >= 15 is 0 Å². The smallest absolute Gasteiger partial charge is 0.303 e. The second-order valence-electron chi connectivity index (χ2n) is 4.37. The van der Waals surface area contributed by atoms with Crippen LogP contribution in [-0.2, 0) is 4.79 Å². The molecule has 0 bridgehead atoms. The predicted octanol–water partition coefficient (Wildman–Crippen LogP) is 3.14. The lowest BCUT2D eigenvalue weighted by Gasteiger charge is -2.22. The molecule has 3 nitrogen and oxygen atoms in total. The van der Waals surface area contributed by atoms with Gasteiger partial charge in [-0.2, -0.15) is 0 Å². The Balaban J connectivity index is 2.09. The van der Waals surface area contributed by atoms with E-state index in [1.54, 1.807) is 11.8 Å². The third-order valence-electron chi connectivity index (χ3n) is 2.87.